The van der Waals surface area contributed by atoms with E-state index in [-0.39, 0.29) is 0 Å². The summed E-state index contributed by atoms with van der Waals surface area (Å²) in [7, 11) is 0. The Bertz CT molecular complexity index is 3200. The lowest BCUT2D eigenvalue weighted by molar-refractivity contribution is 1.37. The Balaban J connectivity index is 1.52. The third kappa shape index (κ3) is 3.51. The van der Waals surface area contributed by atoms with Crippen molar-refractivity contribution >= 4 is 86.2 Å². The van der Waals surface area contributed by atoms with Crippen LogP contribution in [0, 0.1) is 27.7 Å². The van der Waals surface area contributed by atoms with Crippen molar-refractivity contribution in [1.29, 1.82) is 0 Å². The molecule has 0 fully saturated rings. The molecule has 11 aromatic carbocycles. The topological polar surface area (TPSA) is 0 Å². The van der Waals surface area contributed by atoms with Crippen LogP contribution in [0.2, 0.25) is 0 Å². The summed E-state index contributed by atoms with van der Waals surface area (Å²) in [6, 6.07) is 50.9. The highest BCUT2D eigenvalue weighted by Gasteiger charge is 2.27. The molecule has 0 spiro atoms. The molecule has 0 aliphatic heterocycles. The molecule has 0 atom stereocenters. The van der Waals surface area contributed by atoms with Gasteiger partial charge in [0.25, 0.3) is 0 Å². The van der Waals surface area contributed by atoms with E-state index in [1.54, 1.807) is 0 Å². The van der Waals surface area contributed by atoms with Gasteiger partial charge in [0.05, 0.1) is 0 Å². The second kappa shape index (κ2) is 9.80. The van der Waals surface area contributed by atoms with Crippen molar-refractivity contribution in [2.45, 2.75) is 27.7 Å². The van der Waals surface area contributed by atoms with E-state index in [9.17, 15) is 0 Å². The molecule has 0 aliphatic carbocycles. The minimum atomic E-state index is 1.26. The van der Waals surface area contributed by atoms with E-state index in [0.29, 0.717) is 0 Å². The summed E-state index contributed by atoms with van der Waals surface area (Å²) in [5, 5.41) is 21.6. The van der Waals surface area contributed by atoms with E-state index in [2.05, 4.69) is 161 Å². The molecule has 0 radical (unpaired) electrons. The molecule has 0 unspecified atom stereocenters. The van der Waals surface area contributed by atoms with Gasteiger partial charge in [0.2, 0.25) is 0 Å². The van der Waals surface area contributed by atoms with E-state index in [1.165, 1.54) is 131 Å². The lowest BCUT2D eigenvalue weighted by Gasteiger charge is -2.19. The first-order chi connectivity index (χ1) is 24.5. The first kappa shape index (κ1) is 27.9. The van der Waals surface area contributed by atoms with Gasteiger partial charge < -0.3 is 0 Å². The largest absolute Gasteiger partial charge is 0.0622 e. The molecule has 0 aromatic heterocycles. The number of aryl methyl sites for hydroxylation is 4. The van der Waals surface area contributed by atoms with Crippen molar-refractivity contribution in [2.75, 3.05) is 0 Å². The third-order valence-corrected chi connectivity index (χ3v) is 11.8. The van der Waals surface area contributed by atoms with Gasteiger partial charge in [-0.3, -0.25) is 0 Å². The number of hydrogen-bond acceptors (Lipinski definition) is 0. The molecule has 11 rings (SSSR count). The van der Waals surface area contributed by atoms with Crippen LogP contribution in [0.25, 0.3) is 108 Å². The molecular weight excluding hydrogens is 601 g/mol. The van der Waals surface area contributed by atoms with Crippen molar-refractivity contribution in [3.05, 3.63) is 156 Å². The molecule has 0 nitrogen and oxygen atoms in total. The van der Waals surface area contributed by atoms with Crippen molar-refractivity contribution in [2.24, 2.45) is 0 Å². The third-order valence-electron chi connectivity index (χ3n) is 11.8. The van der Waals surface area contributed by atoms with Crippen LogP contribution in [0.4, 0.5) is 0 Å². The molecule has 0 heteroatoms. The maximum absolute atomic E-state index is 2.55. The van der Waals surface area contributed by atoms with Gasteiger partial charge in [-0.2, -0.15) is 0 Å². The number of benzene rings is 9. The van der Waals surface area contributed by atoms with Crippen LogP contribution in [0.1, 0.15) is 22.3 Å². The predicted molar refractivity (Wildman–Crippen MR) is 219 cm³/mol. The summed E-state index contributed by atoms with van der Waals surface area (Å²) in [5.74, 6) is 0. The first-order valence-electron chi connectivity index (χ1n) is 17.8. The van der Waals surface area contributed by atoms with Crippen LogP contribution < -0.4 is 0 Å². The van der Waals surface area contributed by atoms with Gasteiger partial charge in [0.1, 0.15) is 0 Å². The molecule has 234 valence electrons. The average Bonchev–Trinajstić information content (AvgIpc) is 3.62. The van der Waals surface area contributed by atoms with Gasteiger partial charge in [0, 0.05) is 0 Å². The molecule has 0 N–H and O–H groups in total. The van der Waals surface area contributed by atoms with Crippen molar-refractivity contribution < 1.29 is 0 Å². The van der Waals surface area contributed by atoms with E-state index >= 15 is 0 Å². The van der Waals surface area contributed by atoms with Crippen LogP contribution in [-0.4, -0.2) is 0 Å². The fraction of sp³-hybridized carbons (Fsp3) is 0.0800. The Morgan fingerprint density at radius 3 is 1.66 bits per heavy atom. The summed E-state index contributed by atoms with van der Waals surface area (Å²) in [6.45, 7) is 8.99. The van der Waals surface area contributed by atoms with Crippen LogP contribution in [-0.2, 0) is 0 Å². The molecule has 0 aliphatic rings. The summed E-state index contributed by atoms with van der Waals surface area (Å²) >= 11 is 0. The monoisotopic (exact) mass is 634 g/mol. The first-order valence-corrected chi connectivity index (χ1v) is 17.8. The Morgan fingerprint density at radius 2 is 0.920 bits per heavy atom. The van der Waals surface area contributed by atoms with Crippen molar-refractivity contribution in [1.82, 2.24) is 0 Å². The van der Waals surface area contributed by atoms with E-state index in [1.807, 2.05) is 0 Å². The molecule has 0 saturated heterocycles. The smallest absolute Gasteiger partial charge is 0.000697 e. The van der Waals surface area contributed by atoms with E-state index in [0.717, 1.165) is 0 Å². The maximum atomic E-state index is 2.55. The summed E-state index contributed by atoms with van der Waals surface area (Å²) in [5.41, 5.74) is 10.5. The van der Waals surface area contributed by atoms with Gasteiger partial charge in [-0.25, -0.2) is 0 Å². The van der Waals surface area contributed by atoms with Gasteiger partial charge in [-0.1, -0.05) is 127 Å². The fourth-order valence-electron chi connectivity index (χ4n) is 9.48. The maximum Gasteiger partial charge on any atom is -0.000697 e. The highest BCUT2D eigenvalue weighted by atomic mass is 14.3. The number of fused-ring (bicyclic) bond motifs is 10. The van der Waals surface area contributed by atoms with E-state index < -0.39 is 0 Å². The highest BCUT2D eigenvalue weighted by molar-refractivity contribution is 6.46. The Morgan fingerprint density at radius 1 is 0.280 bits per heavy atom. The lowest BCUT2D eigenvalue weighted by atomic mass is 9.84. The van der Waals surface area contributed by atoms with Crippen LogP contribution >= 0.6 is 0 Å². The van der Waals surface area contributed by atoms with Gasteiger partial charge in [0.15, 0.2) is 0 Å². The zero-order valence-electron chi connectivity index (χ0n) is 28.7. The van der Waals surface area contributed by atoms with Crippen LogP contribution in [0.3, 0.4) is 0 Å². The van der Waals surface area contributed by atoms with Gasteiger partial charge in [-0.05, 0) is 165 Å². The van der Waals surface area contributed by atoms with Crippen molar-refractivity contribution in [3.8, 4) is 22.3 Å². The number of hydrogen-bond donors (Lipinski definition) is 0. The molecule has 0 bridgehead atoms. The van der Waals surface area contributed by atoms with Gasteiger partial charge >= 0.3 is 0 Å². The molecule has 0 amide bonds. The van der Waals surface area contributed by atoms with E-state index in [4.69, 9.17) is 0 Å². The standard InChI is InChI=1S/C50H34/c1-27-18-20-33-25-41-47-36(21-19-28(2)43(47)37(33)22-27)49-44(31-12-7-5-8-13-31)42-26-40-39-24-30(4)29(3)23-38(39)34-16-11-17-35(46(34)40)48(42)45(50(41)49)32-14-9-6-10-15-32/h5-26H,1-4H3. The highest BCUT2D eigenvalue weighted by Crippen LogP contribution is 2.55. The SMILES string of the molecule is Cc1ccc2cc3c4c(-c5ccccc5)c5c(cc6c7cc(C)c(C)cc7c7cccc5c76)c(-c5ccccc5)c4c4ccc(C)c(c2c1)c43. The Hall–Kier alpha value is -5.98. The van der Waals surface area contributed by atoms with Crippen LogP contribution in [0.15, 0.2) is 133 Å². The average molecular weight is 635 g/mol. The van der Waals surface area contributed by atoms with Crippen LogP contribution in [0.5, 0.6) is 0 Å². The zero-order valence-corrected chi connectivity index (χ0v) is 28.7. The fourth-order valence-corrected chi connectivity index (χ4v) is 9.48. The van der Waals surface area contributed by atoms with Crippen molar-refractivity contribution in [3.63, 3.8) is 0 Å². The summed E-state index contributed by atoms with van der Waals surface area (Å²) in [4.78, 5) is 0. The zero-order chi connectivity index (χ0) is 33.4. The minimum absolute atomic E-state index is 1.26. The lowest BCUT2D eigenvalue weighted by Crippen LogP contribution is -1.91. The van der Waals surface area contributed by atoms with Gasteiger partial charge in [-0.15, -0.1) is 0 Å². The summed E-state index contributed by atoms with van der Waals surface area (Å²) in [6.07, 6.45) is 0. The Kier molecular flexibility index (Phi) is 5.47. The number of rotatable bonds is 2. The second-order valence-electron chi connectivity index (χ2n) is 14.6. The summed E-state index contributed by atoms with van der Waals surface area (Å²) < 4.78 is 0. The quantitative estimate of drug-likeness (QED) is 0.166. The normalized spacial score (nSPS) is 12.4. The molecule has 50 heavy (non-hydrogen) atoms. The molecular formula is C50H34. The molecule has 0 heterocycles. The Labute approximate surface area is 290 Å². The molecule has 0 saturated carbocycles. The predicted octanol–water partition coefficient (Wildman–Crippen LogP) is 14.4. The second-order valence-corrected chi connectivity index (χ2v) is 14.6. The minimum Gasteiger partial charge on any atom is -0.0622 e. The molecule has 11 aromatic rings.